The number of aromatic amines is 1. The first-order valence-corrected chi connectivity index (χ1v) is 12.6. The molecule has 1 aliphatic heterocycles. The lowest BCUT2D eigenvalue weighted by molar-refractivity contribution is 0.0991. The minimum absolute atomic E-state index is 0.0546. The minimum atomic E-state index is -1.47. The Labute approximate surface area is 194 Å². The Morgan fingerprint density at radius 1 is 1.21 bits per heavy atom. The fraction of sp³-hybridized carbons (Fsp3) is 0.478. The van der Waals surface area contributed by atoms with Crippen LogP contribution in [0.5, 0.6) is 0 Å². The van der Waals surface area contributed by atoms with Crippen LogP contribution in [0, 0.1) is 0 Å². The molecule has 1 aliphatic carbocycles. The number of nitrogens with zero attached hydrogens (tertiary/aromatic N) is 2. The van der Waals surface area contributed by atoms with E-state index in [4.69, 9.17) is 9.84 Å². The Bertz CT molecular complexity index is 1130. The van der Waals surface area contributed by atoms with Crippen LogP contribution in [0.4, 0.5) is 5.82 Å². The number of anilines is 1. The first-order valence-electron chi connectivity index (χ1n) is 11.4. The summed E-state index contributed by atoms with van der Waals surface area (Å²) in [4.78, 5) is 13.1. The van der Waals surface area contributed by atoms with Crippen LogP contribution in [0.3, 0.4) is 0 Å². The Morgan fingerprint density at radius 2 is 2.03 bits per heavy atom. The highest BCUT2D eigenvalue weighted by Crippen LogP contribution is 2.48. The van der Waals surface area contributed by atoms with E-state index in [9.17, 15) is 9.32 Å². The first-order chi connectivity index (χ1) is 16.1. The number of ether oxygens (including phenoxy) is 1. The van der Waals surface area contributed by atoms with Gasteiger partial charge in [-0.3, -0.25) is 0 Å². The molecular formula is C23H29N5O4S. The number of aliphatic hydroxyl groups excluding tert-OH is 2. The second-order valence-electron chi connectivity index (χ2n) is 8.63. The molecule has 10 heteroatoms. The van der Waals surface area contributed by atoms with E-state index in [1.165, 1.54) is 5.56 Å². The molecule has 1 saturated heterocycles. The quantitative estimate of drug-likeness (QED) is 0.306. The van der Waals surface area contributed by atoms with Gasteiger partial charge >= 0.3 is 0 Å². The topological polar surface area (TPSA) is 132 Å². The lowest BCUT2D eigenvalue weighted by Crippen LogP contribution is -2.30. The van der Waals surface area contributed by atoms with Crippen LogP contribution in [0.15, 0.2) is 35.5 Å². The molecule has 33 heavy (non-hydrogen) atoms. The summed E-state index contributed by atoms with van der Waals surface area (Å²) in [6, 6.07) is 7.52. The van der Waals surface area contributed by atoms with Crippen LogP contribution in [0.2, 0.25) is 0 Å². The number of aliphatic hydroxyl groups is 2. The molecule has 2 aliphatic rings. The molecule has 2 unspecified atom stereocenters. The fourth-order valence-corrected chi connectivity index (χ4v) is 5.16. The summed E-state index contributed by atoms with van der Waals surface area (Å²) < 4.78 is 20.9. The van der Waals surface area contributed by atoms with Crippen molar-refractivity contribution in [2.45, 2.75) is 48.7 Å². The van der Waals surface area contributed by atoms with E-state index < -0.39 is 17.1 Å². The molecule has 3 atom stereocenters. The van der Waals surface area contributed by atoms with Crippen LogP contribution >= 0.6 is 0 Å². The smallest absolute Gasteiger partial charge is 0.143 e. The number of aromatic nitrogens is 3. The number of rotatable bonds is 10. The highest BCUT2D eigenvalue weighted by atomic mass is 32.2. The van der Waals surface area contributed by atoms with Gasteiger partial charge in [0.1, 0.15) is 28.8 Å². The average Bonchev–Trinajstić information content (AvgIpc) is 3.40. The largest absolute Gasteiger partial charge is 0.394 e. The van der Waals surface area contributed by atoms with Gasteiger partial charge in [-0.2, -0.15) is 0 Å². The van der Waals surface area contributed by atoms with Gasteiger partial charge in [-0.15, -0.1) is 0 Å². The summed E-state index contributed by atoms with van der Waals surface area (Å²) in [5.74, 6) is 1.31. The summed E-state index contributed by atoms with van der Waals surface area (Å²) in [5.41, 5.74) is 4.06. The van der Waals surface area contributed by atoms with Crippen LogP contribution in [-0.2, 0) is 15.7 Å². The molecule has 0 radical (unpaired) electrons. The van der Waals surface area contributed by atoms with E-state index in [1.807, 2.05) is 24.3 Å². The molecule has 3 aromatic rings. The molecular weight excluding hydrogens is 442 g/mol. The molecule has 1 saturated carbocycles. The zero-order valence-corrected chi connectivity index (χ0v) is 19.1. The summed E-state index contributed by atoms with van der Waals surface area (Å²) >= 11 is 0. The van der Waals surface area contributed by atoms with Crippen LogP contribution in [0.1, 0.15) is 37.2 Å². The van der Waals surface area contributed by atoms with Crippen molar-refractivity contribution in [3.05, 3.63) is 36.2 Å². The molecule has 5 rings (SSSR count). The standard InChI is InChI=1S/C23H29N5O4S/c29-12-16(30)10-27-33(31)18-7-5-15(6-8-18)21-19(14-3-4-14)20-22(25-13-26-23(20)28-21)24-11-17-2-1-9-32-17/h5-8,13-14,16-17,27,29-30H,1-4,9-12H2,(H2,24,25,26,28)/t16?,17-,33?/m0/s1. The molecule has 0 spiro atoms. The number of H-pyrrole nitrogens is 1. The predicted octanol–water partition coefficient (Wildman–Crippen LogP) is 2.06. The lowest BCUT2D eigenvalue weighted by atomic mass is 10.0. The maximum absolute atomic E-state index is 12.4. The predicted molar refractivity (Wildman–Crippen MR) is 126 cm³/mol. The van der Waals surface area contributed by atoms with Crippen molar-refractivity contribution < 1.29 is 19.2 Å². The van der Waals surface area contributed by atoms with E-state index in [0.29, 0.717) is 10.8 Å². The molecule has 9 nitrogen and oxygen atoms in total. The van der Waals surface area contributed by atoms with Gasteiger partial charge in [0.05, 0.1) is 34.8 Å². The second kappa shape index (κ2) is 9.86. The normalized spacial score (nSPS) is 20.2. The van der Waals surface area contributed by atoms with Gasteiger partial charge in [-0.25, -0.2) is 18.9 Å². The SMILES string of the molecule is O=S(NCC(O)CO)c1ccc(-c2[nH]c3ncnc(NC[C@@H]4CCCO4)c3c2C2CC2)cc1. The van der Waals surface area contributed by atoms with Gasteiger partial charge in [0, 0.05) is 19.7 Å². The summed E-state index contributed by atoms with van der Waals surface area (Å²) in [7, 11) is -1.47. The zero-order valence-electron chi connectivity index (χ0n) is 18.3. The van der Waals surface area contributed by atoms with Gasteiger partial charge in [0.2, 0.25) is 0 Å². The number of nitrogens with one attached hydrogen (secondary N) is 3. The van der Waals surface area contributed by atoms with Gasteiger partial charge in [-0.1, -0.05) is 12.1 Å². The van der Waals surface area contributed by atoms with Crippen molar-refractivity contribution in [2.75, 3.05) is 31.6 Å². The molecule has 2 aromatic heterocycles. The average molecular weight is 472 g/mol. The van der Waals surface area contributed by atoms with E-state index in [2.05, 4.69) is 25.0 Å². The third kappa shape index (κ3) is 4.95. The van der Waals surface area contributed by atoms with Crippen LogP contribution < -0.4 is 10.0 Å². The molecule has 1 aromatic carbocycles. The van der Waals surface area contributed by atoms with E-state index >= 15 is 0 Å². The molecule has 3 heterocycles. The summed E-state index contributed by atoms with van der Waals surface area (Å²) in [6.07, 6.45) is 5.30. The Morgan fingerprint density at radius 3 is 2.73 bits per heavy atom. The Hall–Kier alpha value is -2.37. The first kappa shape index (κ1) is 22.4. The maximum atomic E-state index is 12.4. The Kier molecular flexibility index (Phi) is 6.70. The fourth-order valence-electron chi connectivity index (χ4n) is 4.27. The zero-order chi connectivity index (χ0) is 22.8. The number of fused-ring (bicyclic) bond motifs is 1. The van der Waals surface area contributed by atoms with Crippen molar-refractivity contribution in [2.24, 2.45) is 0 Å². The number of hydrogen-bond donors (Lipinski definition) is 5. The second-order valence-corrected chi connectivity index (χ2v) is 9.93. The summed E-state index contributed by atoms with van der Waals surface area (Å²) in [6.45, 7) is 1.24. The highest BCUT2D eigenvalue weighted by molar-refractivity contribution is 7.83. The molecule has 0 amide bonds. The lowest BCUT2D eigenvalue weighted by Gasteiger charge is -2.12. The molecule has 0 bridgehead atoms. The molecule has 5 N–H and O–H groups in total. The van der Waals surface area contributed by atoms with Crippen molar-refractivity contribution >= 4 is 27.8 Å². The molecule has 176 valence electrons. The van der Waals surface area contributed by atoms with Crippen molar-refractivity contribution in [1.82, 2.24) is 19.7 Å². The third-order valence-corrected chi connectivity index (χ3v) is 7.28. The maximum Gasteiger partial charge on any atom is 0.143 e. The van der Waals surface area contributed by atoms with Crippen molar-refractivity contribution in [1.29, 1.82) is 0 Å². The van der Waals surface area contributed by atoms with Gasteiger partial charge < -0.3 is 25.3 Å². The highest BCUT2D eigenvalue weighted by Gasteiger charge is 2.32. The van der Waals surface area contributed by atoms with Crippen LogP contribution in [-0.4, -0.2) is 67.9 Å². The van der Waals surface area contributed by atoms with E-state index in [1.54, 1.807) is 6.33 Å². The third-order valence-electron chi connectivity index (χ3n) is 6.15. The van der Waals surface area contributed by atoms with Crippen molar-refractivity contribution in [3.8, 4) is 11.3 Å². The monoisotopic (exact) mass is 471 g/mol. The van der Waals surface area contributed by atoms with E-state index in [-0.39, 0.29) is 19.3 Å². The van der Waals surface area contributed by atoms with Crippen molar-refractivity contribution in [3.63, 3.8) is 0 Å². The minimum Gasteiger partial charge on any atom is -0.394 e. The Balaban J connectivity index is 1.41. The number of hydrogen-bond acceptors (Lipinski definition) is 7. The summed E-state index contributed by atoms with van der Waals surface area (Å²) in [5, 5.41) is 22.9. The number of benzene rings is 1. The van der Waals surface area contributed by atoms with E-state index in [0.717, 1.165) is 66.9 Å². The van der Waals surface area contributed by atoms with Gasteiger partial charge in [0.25, 0.3) is 0 Å². The van der Waals surface area contributed by atoms with Gasteiger partial charge in [-0.05, 0) is 54.9 Å². The van der Waals surface area contributed by atoms with Crippen LogP contribution in [0.25, 0.3) is 22.3 Å². The molecule has 2 fully saturated rings. The van der Waals surface area contributed by atoms with Gasteiger partial charge in [0.15, 0.2) is 0 Å².